The van der Waals surface area contributed by atoms with E-state index >= 15 is 0 Å². The first-order valence-electron chi connectivity index (χ1n) is 8.96. The molecule has 1 saturated heterocycles. The number of β-amino-alcohol motifs (C(OH)–C–C–N with tert-alkyl or cyclic N) is 1. The number of aliphatic hydroxyl groups is 1. The van der Waals surface area contributed by atoms with Crippen LogP contribution in [0, 0.1) is 5.92 Å². The zero-order valence-corrected chi connectivity index (χ0v) is 13.5. The van der Waals surface area contributed by atoms with E-state index in [4.69, 9.17) is 4.74 Å². The van der Waals surface area contributed by atoms with Gasteiger partial charge in [-0.15, -0.1) is 0 Å². The van der Waals surface area contributed by atoms with E-state index in [0.29, 0.717) is 0 Å². The summed E-state index contributed by atoms with van der Waals surface area (Å²) >= 11 is 0. The Morgan fingerprint density at radius 2 is 1.62 bits per heavy atom. The molecule has 2 aliphatic carbocycles. The number of hydrogen-bond donors (Lipinski definition) is 1. The van der Waals surface area contributed by atoms with Crippen LogP contribution in [0.25, 0.3) is 0 Å². The van der Waals surface area contributed by atoms with Crippen LogP contribution in [0.3, 0.4) is 0 Å². The first-order chi connectivity index (χ1) is 10.2. The van der Waals surface area contributed by atoms with Crippen molar-refractivity contribution in [1.29, 1.82) is 0 Å². The van der Waals surface area contributed by atoms with Crippen molar-refractivity contribution in [1.82, 2.24) is 9.80 Å². The van der Waals surface area contributed by atoms with Crippen LogP contribution < -0.4 is 0 Å². The number of nitrogens with zero attached hydrogens (tertiary/aromatic N) is 2. The van der Waals surface area contributed by atoms with Gasteiger partial charge in [-0.1, -0.05) is 6.92 Å². The van der Waals surface area contributed by atoms with Gasteiger partial charge in [-0.05, 0) is 44.4 Å². The van der Waals surface area contributed by atoms with Crippen LogP contribution in [-0.4, -0.2) is 72.5 Å². The van der Waals surface area contributed by atoms with E-state index in [0.717, 1.165) is 57.4 Å². The molecule has 3 aliphatic rings. The lowest BCUT2D eigenvalue weighted by atomic mass is 9.86. The highest BCUT2D eigenvalue weighted by atomic mass is 16.5. The summed E-state index contributed by atoms with van der Waals surface area (Å²) in [6.45, 7) is 7.66. The van der Waals surface area contributed by atoms with E-state index in [2.05, 4.69) is 16.7 Å². The summed E-state index contributed by atoms with van der Waals surface area (Å²) in [7, 11) is 0. The second-order valence-electron chi connectivity index (χ2n) is 7.41. The van der Waals surface area contributed by atoms with Gasteiger partial charge in [0.05, 0.1) is 19.3 Å². The van der Waals surface area contributed by atoms with Gasteiger partial charge in [0.15, 0.2) is 0 Å². The van der Waals surface area contributed by atoms with Crippen molar-refractivity contribution in [3.05, 3.63) is 0 Å². The Balaban J connectivity index is 1.47. The molecule has 3 fully saturated rings. The summed E-state index contributed by atoms with van der Waals surface area (Å²) < 4.78 is 5.38. The Morgan fingerprint density at radius 3 is 2.19 bits per heavy atom. The monoisotopic (exact) mass is 296 g/mol. The fourth-order valence-electron chi connectivity index (χ4n) is 3.96. The van der Waals surface area contributed by atoms with Crippen LogP contribution in [0.1, 0.15) is 45.4 Å². The third-order valence-corrected chi connectivity index (χ3v) is 5.46. The van der Waals surface area contributed by atoms with Gasteiger partial charge in [-0.25, -0.2) is 0 Å². The highest BCUT2D eigenvalue weighted by molar-refractivity contribution is 4.91. The number of ether oxygens (including phenoxy) is 1. The summed E-state index contributed by atoms with van der Waals surface area (Å²) in [5, 5.41) is 10.5. The van der Waals surface area contributed by atoms with Crippen molar-refractivity contribution in [3.63, 3.8) is 0 Å². The molecule has 1 N–H and O–H groups in total. The van der Waals surface area contributed by atoms with Crippen molar-refractivity contribution in [2.45, 2.75) is 63.6 Å². The van der Waals surface area contributed by atoms with Gasteiger partial charge in [0, 0.05) is 38.3 Å². The van der Waals surface area contributed by atoms with E-state index in [1.807, 2.05) is 0 Å². The molecule has 0 amide bonds. The molecule has 0 aromatic rings. The van der Waals surface area contributed by atoms with Crippen LogP contribution >= 0.6 is 0 Å². The maximum absolute atomic E-state index is 10.5. The van der Waals surface area contributed by atoms with Gasteiger partial charge in [-0.3, -0.25) is 9.80 Å². The van der Waals surface area contributed by atoms with Gasteiger partial charge in [0.25, 0.3) is 0 Å². The highest BCUT2D eigenvalue weighted by Crippen LogP contribution is 2.35. The molecular formula is C17H32N2O2. The molecule has 2 saturated carbocycles. The predicted molar refractivity (Wildman–Crippen MR) is 84.4 cm³/mol. The van der Waals surface area contributed by atoms with E-state index < -0.39 is 0 Å². The van der Waals surface area contributed by atoms with Crippen molar-refractivity contribution in [3.8, 4) is 0 Å². The molecule has 21 heavy (non-hydrogen) atoms. The van der Waals surface area contributed by atoms with E-state index in [9.17, 15) is 5.11 Å². The Kier molecular flexibility index (Phi) is 5.54. The molecule has 4 heteroatoms. The van der Waals surface area contributed by atoms with E-state index in [-0.39, 0.29) is 6.10 Å². The Hall–Kier alpha value is -0.160. The van der Waals surface area contributed by atoms with E-state index in [1.165, 1.54) is 38.5 Å². The predicted octanol–water partition coefficient (Wildman–Crippen LogP) is 1.72. The van der Waals surface area contributed by atoms with E-state index in [1.54, 1.807) is 0 Å². The maximum atomic E-state index is 10.5. The van der Waals surface area contributed by atoms with Crippen LogP contribution in [0.4, 0.5) is 0 Å². The largest absolute Gasteiger partial charge is 0.390 e. The first kappa shape index (κ1) is 15.7. The lowest BCUT2D eigenvalue weighted by Gasteiger charge is -2.38. The third kappa shape index (κ3) is 4.65. The molecule has 1 unspecified atom stereocenters. The minimum Gasteiger partial charge on any atom is -0.390 e. The van der Waals surface area contributed by atoms with Gasteiger partial charge in [-0.2, -0.15) is 0 Å². The molecule has 1 heterocycles. The lowest BCUT2D eigenvalue weighted by Crippen LogP contribution is -2.48. The fraction of sp³-hybridized carbons (Fsp3) is 1.00. The number of hydrogen-bond acceptors (Lipinski definition) is 4. The molecule has 0 aromatic heterocycles. The van der Waals surface area contributed by atoms with Crippen molar-refractivity contribution in [2.24, 2.45) is 5.92 Å². The first-order valence-corrected chi connectivity index (χ1v) is 8.96. The molecule has 4 nitrogen and oxygen atoms in total. The average molecular weight is 296 g/mol. The zero-order valence-electron chi connectivity index (χ0n) is 13.5. The van der Waals surface area contributed by atoms with Gasteiger partial charge in [0.2, 0.25) is 0 Å². The van der Waals surface area contributed by atoms with Gasteiger partial charge in [0.1, 0.15) is 0 Å². The average Bonchev–Trinajstić information content (AvgIpc) is 3.31. The molecule has 1 aliphatic heterocycles. The maximum Gasteiger partial charge on any atom is 0.0794 e. The Bertz CT molecular complexity index is 308. The second kappa shape index (κ2) is 7.40. The lowest BCUT2D eigenvalue weighted by molar-refractivity contribution is -0.00126. The molecule has 122 valence electrons. The summed E-state index contributed by atoms with van der Waals surface area (Å²) in [5.41, 5.74) is 0. The Labute approximate surface area is 129 Å². The van der Waals surface area contributed by atoms with Crippen molar-refractivity contribution < 1.29 is 9.84 Å². The number of aliphatic hydroxyl groups excluding tert-OH is 1. The minimum absolute atomic E-state index is 0.206. The molecule has 3 rings (SSSR count). The normalized spacial score (nSPS) is 33.3. The number of rotatable bonds is 6. The quantitative estimate of drug-likeness (QED) is 0.810. The van der Waals surface area contributed by atoms with Crippen LogP contribution in [0.2, 0.25) is 0 Å². The van der Waals surface area contributed by atoms with Crippen LogP contribution in [0.5, 0.6) is 0 Å². The van der Waals surface area contributed by atoms with Crippen LogP contribution in [-0.2, 0) is 4.74 Å². The summed E-state index contributed by atoms with van der Waals surface area (Å²) in [6, 6.07) is 1.50. The molecule has 0 radical (unpaired) electrons. The fourth-order valence-corrected chi connectivity index (χ4v) is 3.96. The van der Waals surface area contributed by atoms with Crippen molar-refractivity contribution in [2.75, 3.05) is 39.4 Å². The highest BCUT2D eigenvalue weighted by Gasteiger charge is 2.36. The summed E-state index contributed by atoms with van der Waals surface area (Å²) in [5.74, 6) is 0.903. The standard InChI is InChI=1S/C17H32N2O2/c1-14-2-4-15(5-3-14)19(16-6-7-16)13-17(20)12-18-8-10-21-11-9-18/h14-17,20H,2-13H2,1H3. The topological polar surface area (TPSA) is 35.9 Å². The third-order valence-electron chi connectivity index (χ3n) is 5.46. The second-order valence-corrected chi connectivity index (χ2v) is 7.41. The minimum atomic E-state index is -0.206. The molecular weight excluding hydrogens is 264 g/mol. The molecule has 0 aromatic carbocycles. The number of morpholine rings is 1. The molecule has 0 bridgehead atoms. The SMILES string of the molecule is CC1CCC(N(CC(O)CN2CCOCC2)C2CC2)CC1. The van der Waals surface area contributed by atoms with Crippen LogP contribution in [0.15, 0.2) is 0 Å². The van der Waals surface area contributed by atoms with Gasteiger partial charge >= 0.3 is 0 Å². The van der Waals surface area contributed by atoms with Crippen molar-refractivity contribution >= 4 is 0 Å². The summed E-state index contributed by atoms with van der Waals surface area (Å²) in [6.07, 6.45) is 7.89. The van der Waals surface area contributed by atoms with Gasteiger partial charge < -0.3 is 9.84 Å². The summed E-state index contributed by atoms with van der Waals surface area (Å²) in [4.78, 5) is 5.00. The molecule has 1 atom stereocenters. The Morgan fingerprint density at radius 1 is 1.05 bits per heavy atom. The smallest absolute Gasteiger partial charge is 0.0794 e. The molecule has 0 spiro atoms. The zero-order chi connectivity index (χ0) is 14.7.